The third-order valence-electron chi connectivity index (χ3n) is 3.70. The Bertz CT molecular complexity index is 584. The van der Waals surface area contributed by atoms with Gasteiger partial charge in [0.15, 0.2) is 0 Å². The summed E-state index contributed by atoms with van der Waals surface area (Å²) >= 11 is 0. The minimum atomic E-state index is -0.236. The number of methoxy groups -OCH3 is 1. The standard InChI is InChI=1S/C17H21FN2O/c1-12-3-7-14(18)11-16(12)17(20-19)10-6-13-4-8-15(21-2)9-5-13/h3-5,7-9,11,17,20H,6,10,19H2,1-2H3. The summed E-state index contributed by atoms with van der Waals surface area (Å²) in [6.45, 7) is 1.96. The van der Waals surface area contributed by atoms with Crippen LogP contribution in [-0.4, -0.2) is 7.11 Å². The van der Waals surface area contributed by atoms with Crippen molar-refractivity contribution in [2.75, 3.05) is 7.11 Å². The molecule has 0 fully saturated rings. The third-order valence-corrected chi connectivity index (χ3v) is 3.70. The highest BCUT2D eigenvalue weighted by Gasteiger charge is 2.13. The van der Waals surface area contributed by atoms with Gasteiger partial charge in [-0.15, -0.1) is 0 Å². The van der Waals surface area contributed by atoms with E-state index >= 15 is 0 Å². The molecular weight excluding hydrogens is 267 g/mol. The maximum atomic E-state index is 13.4. The van der Waals surface area contributed by atoms with Gasteiger partial charge in [-0.05, 0) is 60.7 Å². The molecule has 2 aromatic carbocycles. The van der Waals surface area contributed by atoms with E-state index in [4.69, 9.17) is 10.6 Å². The summed E-state index contributed by atoms with van der Waals surface area (Å²) in [4.78, 5) is 0. The Morgan fingerprint density at radius 3 is 2.52 bits per heavy atom. The van der Waals surface area contributed by atoms with Crippen LogP contribution in [0.5, 0.6) is 5.75 Å². The van der Waals surface area contributed by atoms with Gasteiger partial charge in [0.1, 0.15) is 11.6 Å². The van der Waals surface area contributed by atoms with E-state index in [0.29, 0.717) is 0 Å². The molecule has 2 rings (SSSR count). The molecule has 112 valence electrons. The Labute approximate surface area is 124 Å². The molecule has 0 aromatic heterocycles. The first kappa shape index (κ1) is 15.5. The van der Waals surface area contributed by atoms with E-state index in [1.165, 1.54) is 11.6 Å². The van der Waals surface area contributed by atoms with Crippen molar-refractivity contribution in [3.05, 3.63) is 65.0 Å². The molecule has 0 bridgehead atoms. The molecule has 0 aliphatic heterocycles. The number of hydrogen-bond donors (Lipinski definition) is 2. The molecule has 0 aliphatic carbocycles. The highest BCUT2D eigenvalue weighted by atomic mass is 19.1. The average Bonchev–Trinajstić information content (AvgIpc) is 2.51. The lowest BCUT2D eigenvalue weighted by atomic mass is 9.96. The molecule has 3 nitrogen and oxygen atoms in total. The topological polar surface area (TPSA) is 47.3 Å². The number of aryl methyl sites for hydroxylation is 2. The lowest BCUT2D eigenvalue weighted by Gasteiger charge is -2.18. The zero-order valence-corrected chi connectivity index (χ0v) is 12.4. The van der Waals surface area contributed by atoms with Crippen LogP contribution in [0.15, 0.2) is 42.5 Å². The van der Waals surface area contributed by atoms with Crippen LogP contribution in [-0.2, 0) is 6.42 Å². The monoisotopic (exact) mass is 288 g/mol. The molecule has 1 atom stereocenters. The second-order valence-corrected chi connectivity index (χ2v) is 5.11. The maximum Gasteiger partial charge on any atom is 0.123 e. The number of ether oxygens (including phenoxy) is 1. The van der Waals surface area contributed by atoms with Crippen LogP contribution in [0.4, 0.5) is 4.39 Å². The van der Waals surface area contributed by atoms with Crippen LogP contribution in [0.3, 0.4) is 0 Å². The summed E-state index contributed by atoms with van der Waals surface area (Å²) in [6.07, 6.45) is 1.65. The highest BCUT2D eigenvalue weighted by Crippen LogP contribution is 2.23. The Morgan fingerprint density at radius 2 is 1.90 bits per heavy atom. The van der Waals surface area contributed by atoms with E-state index < -0.39 is 0 Å². The molecule has 0 heterocycles. The van der Waals surface area contributed by atoms with Crippen molar-refractivity contribution < 1.29 is 9.13 Å². The lowest BCUT2D eigenvalue weighted by Crippen LogP contribution is -2.29. The summed E-state index contributed by atoms with van der Waals surface area (Å²) in [5.74, 6) is 6.25. The number of hydrogen-bond acceptors (Lipinski definition) is 3. The van der Waals surface area contributed by atoms with Crippen molar-refractivity contribution in [2.24, 2.45) is 5.84 Å². The van der Waals surface area contributed by atoms with Gasteiger partial charge in [0, 0.05) is 6.04 Å². The zero-order valence-electron chi connectivity index (χ0n) is 12.4. The summed E-state index contributed by atoms with van der Waals surface area (Å²) in [5, 5.41) is 0. The molecule has 4 heteroatoms. The Balaban J connectivity index is 2.06. The summed E-state index contributed by atoms with van der Waals surface area (Å²) in [5.41, 5.74) is 5.93. The Morgan fingerprint density at radius 1 is 1.19 bits per heavy atom. The minimum Gasteiger partial charge on any atom is -0.497 e. The van der Waals surface area contributed by atoms with E-state index in [2.05, 4.69) is 5.43 Å². The normalized spacial score (nSPS) is 12.2. The van der Waals surface area contributed by atoms with Crippen molar-refractivity contribution in [2.45, 2.75) is 25.8 Å². The van der Waals surface area contributed by atoms with Crippen molar-refractivity contribution in [3.63, 3.8) is 0 Å². The summed E-state index contributed by atoms with van der Waals surface area (Å²) in [6, 6.07) is 12.7. The number of nitrogens with two attached hydrogens (primary N) is 1. The summed E-state index contributed by atoms with van der Waals surface area (Å²) in [7, 11) is 1.65. The van der Waals surface area contributed by atoms with Crippen molar-refractivity contribution in [1.82, 2.24) is 5.43 Å². The second-order valence-electron chi connectivity index (χ2n) is 5.11. The molecule has 0 saturated heterocycles. The smallest absolute Gasteiger partial charge is 0.123 e. The molecule has 0 amide bonds. The number of nitrogens with one attached hydrogen (secondary N) is 1. The molecule has 0 saturated carbocycles. The third kappa shape index (κ3) is 4.03. The molecule has 21 heavy (non-hydrogen) atoms. The summed E-state index contributed by atoms with van der Waals surface area (Å²) < 4.78 is 18.5. The Hall–Kier alpha value is -1.91. The molecule has 3 N–H and O–H groups in total. The van der Waals surface area contributed by atoms with Crippen LogP contribution < -0.4 is 16.0 Å². The van der Waals surface area contributed by atoms with Gasteiger partial charge in [0.2, 0.25) is 0 Å². The molecule has 0 radical (unpaired) electrons. The van der Waals surface area contributed by atoms with Gasteiger partial charge in [-0.25, -0.2) is 4.39 Å². The first-order chi connectivity index (χ1) is 10.1. The number of halogens is 1. The van der Waals surface area contributed by atoms with E-state index in [1.54, 1.807) is 19.2 Å². The fourth-order valence-electron chi connectivity index (χ4n) is 2.42. The van der Waals surface area contributed by atoms with Gasteiger partial charge < -0.3 is 4.74 Å². The highest BCUT2D eigenvalue weighted by molar-refractivity contribution is 5.31. The molecule has 2 aromatic rings. The lowest BCUT2D eigenvalue weighted by molar-refractivity contribution is 0.414. The van der Waals surface area contributed by atoms with Gasteiger partial charge in [0.05, 0.1) is 7.11 Å². The largest absolute Gasteiger partial charge is 0.497 e. The van der Waals surface area contributed by atoms with Gasteiger partial charge in [0.25, 0.3) is 0 Å². The van der Waals surface area contributed by atoms with Gasteiger partial charge in [-0.2, -0.15) is 0 Å². The number of benzene rings is 2. The van der Waals surface area contributed by atoms with E-state index in [9.17, 15) is 4.39 Å². The van der Waals surface area contributed by atoms with E-state index in [-0.39, 0.29) is 11.9 Å². The number of hydrazine groups is 1. The Kier molecular flexibility index (Phi) is 5.31. The maximum absolute atomic E-state index is 13.4. The predicted octanol–water partition coefficient (Wildman–Crippen LogP) is 3.28. The SMILES string of the molecule is COc1ccc(CCC(NN)c2cc(F)ccc2C)cc1. The van der Waals surface area contributed by atoms with Crippen LogP contribution in [0.25, 0.3) is 0 Å². The van der Waals surface area contributed by atoms with Crippen molar-refractivity contribution in [1.29, 1.82) is 0 Å². The molecule has 1 unspecified atom stereocenters. The van der Waals surface area contributed by atoms with Crippen LogP contribution in [0.2, 0.25) is 0 Å². The fraction of sp³-hybridized carbons (Fsp3) is 0.294. The van der Waals surface area contributed by atoms with Crippen LogP contribution in [0.1, 0.15) is 29.2 Å². The van der Waals surface area contributed by atoms with Crippen LogP contribution >= 0.6 is 0 Å². The second kappa shape index (κ2) is 7.20. The van der Waals surface area contributed by atoms with Crippen LogP contribution in [0, 0.1) is 12.7 Å². The van der Waals surface area contributed by atoms with E-state index in [0.717, 1.165) is 29.7 Å². The van der Waals surface area contributed by atoms with E-state index in [1.807, 2.05) is 31.2 Å². The van der Waals surface area contributed by atoms with Gasteiger partial charge >= 0.3 is 0 Å². The van der Waals surface area contributed by atoms with Gasteiger partial charge in [-0.1, -0.05) is 18.2 Å². The fourth-order valence-corrected chi connectivity index (χ4v) is 2.42. The first-order valence-electron chi connectivity index (χ1n) is 6.99. The zero-order chi connectivity index (χ0) is 15.2. The molecule has 0 aliphatic rings. The first-order valence-corrected chi connectivity index (χ1v) is 6.99. The average molecular weight is 288 g/mol. The van der Waals surface area contributed by atoms with Crippen molar-refractivity contribution in [3.8, 4) is 5.75 Å². The van der Waals surface area contributed by atoms with Gasteiger partial charge in [-0.3, -0.25) is 11.3 Å². The number of rotatable bonds is 6. The van der Waals surface area contributed by atoms with Crippen molar-refractivity contribution >= 4 is 0 Å². The molecular formula is C17H21FN2O. The molecule has 0 spiro atoms. The quantitative estimate of drug-likeness (QED) is 0.633. The minimum absolute atomic E-state index is 0.0669. The predicted molar refractivity (Wildman–Crippen MR) is 82.5 cm³/mol.